The lowest BCUT2D eigenvalue weighted by molar-refractivity contribution is 0.0978. The lowest BCUT2D eigenvalue weighted by Crippen LogP contribution is -2.28. The van der Waals surface area contributed by atoms with Gasteiger partial charge in [-0.25, -0.2) is 4.99 Å². The van der Waals surface area contributed by atoms with Crippen molar-refractivity contribution in [3.05, 3.63) is 64.7 Å². The first-order valence-corrected chi connectivity index (χ1v) is 9.55. The van der Waals surface area contributed by atoms with Crippen molar-refractivity contribution in [2.24, 2.45) is 4.99 Å². The molecule has 1 amide bonds. The molecule has 0 heterocycles. The third-order valence-electron chi connectivity index (χ3n) is 3.59. The van der Waals surface area contributed by atoms with Gasteiger partial charge < -0.3 is 5.32 Å². The van der Waals surface area contributed by atoms with E-state index in [4.69, 9.17) is 11.6 Å². The van der Waals surface area contributed by atoms with E-state index >= 15 is 0 Å². The molecule has 0 spiro atoms. The lowest BCUT2D eigenvalue weighted by Gasteiger charge is -2.19. The summed E-state index contributed by atoms with van der Waals surface area (Å²) in [5.74, 6) is 0.624. The highest BCUT2D eigenvalue weighted by molar-refractivity contribution is 8.13. The zero-order valence-corrected chi connectivity index (χ0v) is 16.5. The van der Waals surface area contributed by atoms with Gasteiger partial charge >= 0.3 is 0 Å². The molecule has 2 rings (SSSR count). The van der Waals surface area contributed by atoms with Crippen molar-refractivity contribution < 1.29 is 4.79 Å². The number of carbonyl (C=O) groups is 1. The number of rotatable bonds is 3. The Labute approximate surface area is 158 Å². The van der Waals surface area contributed by atoms with Gasteiger partial charge in [-0.2, -0.15) is 0 Å². The minimum atomic E-state index is -0.174. The fraction of sp³-hybridized carbons (Fsp3) is 0.300. The van der Waals surface area contributed by atoms with Gasteiger partial charge in [0.25, 0.3) is 5.91 Å². The number of hydrogen-bond acceptors (Lipinski definition) is 3. The summed E-state index contributed by atoms with van der Waals surface area (Å²) < 4.78 is 0. The zero-order chi connectivity index (χ0) is 18.4. The Hall–Kier alpha value is -1.78. The van der Waals surface area contributed by atoms with E-state index in [1.165, 1.54) is 17.3 Å². The summed E-state index contributed by atoms with van der Waals surface area (Å²) >= 11 is 7.62. The highest BCUT2D eigenvalue weighted by Gasteiger charge is 2.15. The number of carbonyl (C=O) groups excluding carboxylic acids is 1. The molecule has 0 aliphatic heterocycles. The van der Waals surface area contributed by atoms with Crippen LogP contribution in [0.5, 0.6) is 0 Å². The molecule has 0 aliphatic rings. The molecule has 132 valence electrons. The van der Waals surface area contributed by atoms with Gasteiger partial charge in [0.2, 0.25) is 0 Å². The van der Waals surface area contributed by atoms with Crippen LogP contribution in [0.1, 0.15) is 43.6 Å². The number of amidine groups is 1. The maximum atomic E-state index is 12.5. The molecule has 1 N–H and O–H groups in total. The summed E-state index contributed by atoms with van der Waals surface area (Å²) in [4.78, 5) is 17.0. The molecule has 0 fully saturated rings. The van der Waals surface area contributed by atoms with Gasteiger partial charge in [-0.15, -0.1) is 0 Å². The Kier molecular flexibility index (Phi) is 6.68. The van der Waals surface area contributed by atoms with Crippen LogP contribution in [0.3, 0.4) is 0 Å². The monoisotopic (exact) mass is 374 g/mol. The van der Waals surface area contributed by atoms with Crippen molar-refractivity contribution in [3.8, 4) is 0 Å². The third kappa shape index (κ3) is 5.62. The molecule has 3 nitrogen and oxygen atoms in total. The van der Waals surface area contributed by atoms with Crippen molar-refractivity contribution >= 4 is 40.1 Å². The normalized spacial score (nSPS) is 12.1. The Morgan fingerprint density at radius 1 is 1.12 bits per heavy atom. The van der Waals surface area contributed by atoms with Crippen LogP contribution in [0.2, 0.25) is 5.02 Å². The van der Waals surface area contributed by atoms with Crippen LogP contribution in [-0.4, -0.2) is 16.8 Å². The van der Waals surface area contributed by atoms with E-state index in [9.17, 15) is 4.79 Å². The molecular formula is C20H23ClN2OS. The Morgan fingerprint density at radius 3 is 2.32 bits per heavy atom. The van der Waals surface area contributed by atoms with E-state index in [0.717, 1.165) is 5.75 Å². The van der Waals surface area contributed by atoms with Crippen LogP contribution in [0.25, 0.3) is 0 Å². The average molecular weight is 375 g/mol. The molecule has 5 heteroatoms. The van der Waals surface area contributed by atoms with Crippen LogP contribution >= 0.6 is 23.4 Å². The molecule has 2 aromatic carbocycles. The molecule has 0 bridgehead atoms. The van der Waals surface area contributed by atoms with Crippen molar-refractivity contribution in [1.82, 2.24) is 5.32 Å². The predicted octanol–water partition coefficient (Wildman–Crippen LogP) is 5.81. The van der Waals surface area contributed by atoms with Crippen molar-refractivity contribution in [1.29, 1.82) is 0 Å². The van der Waals surface area contributed by atoms with Crippen LogP contribution in [0.4, 0.5) is 5.69 Å². The number of thioether (sulfide) groups is 1. The van der Waals surface area contributed by atoms with Gasteiger partial charge in [0.15, 0.2) is 5.17 Å². The molecule has 2 aromatic rings. The van der Waals surface area contributed by atoms with Gasteiger partial charge in [0.1, 0.15) is 0 Å². The lowest BCUT2D eigenvalue weighted by atomic mass is 9.87. The maximum absolute atomic E-state index is 12.5. The van der Waals surface area contributed by atoms with Crippen LogP contribution < -0.4 is 5.32 Å². The van der Waals surface area contributed by atoms with Gasteiger partial charge in [-0.3, -0.25) is 4.79 Å². The number of halogens is 1. The second-order valence-corrected chi connectivity index (χ2v) is 8.24. The largest absolute Gasteiger partial charge is 0.301 e. The third-order valence-corrected chi connectivity index (χ3v) is 4.66. The second-order valence-electron chi connectivity index (χ2n) is 6.58. The van der Waals surface area contributed by atoms with Gasteiger partial charge in [0.05, 0.1) is 10.7 Å². The quantitative estimate of drug-likeness (QED) is 0.544. The minimum absolute atomic E-state index is 0.0593. The summed E-state index contributed by atoms with van der Waals surface area (Å²) in [5.41, 5.74) is 2.50. The van der Waals surface area contributed by atoms with Crippen LogP contribution in [-0.2, 0) is 5.41 Å². The van der Waals surface area contributed by atoms with Gasteiger partial charge in [-0.05, 0) is 41.0 Å². The van der Waals surface area contributed by atoms with E-state index in [1.54, 1.807) is 6.07 Å². The van der Waals surface area contributed by atoms with E-state index in [-0.39, 0.29) is 11.3 Å². The Balaban J connectivity index is 2.19. The Morgan fingerprint density at radius 2 is 1.76 bits per heavy atom. The molecule has 0 saturated carbocycles. The molecular weight excluding hydrogens is 352 g/mol. The number of benzene rings is 2. The van der Waals surface area contributed by atoms with Crippen LogP contribution in [0.15, 0.2) is 53.5 Å². The number of hydrogen-bond donors (Lipinski definition) is 1. The number of para-hydroxylation sites is 1. The first-order chi connectivity index (χ1) is 11.8. The number of nitrogens with zero attached hydrogens (tertiary/aromatic N) is 1. The number of nitrogens with one attached hydrogen (secondary N) is 1. The molecule has 0 atom stereocenters. The first kappa shape index (κ1) is 19.5. The van der Waals surface area contributed by atoms with Crippen LogP contribution in [0, 0.1) is 0 Å². The van der Waals surface area contributed by atoms with E-state index in [2.05, 4.69) is 31.1 Å². The fourth-order valence-electron chi connectivity index (χ4n) is 2.18. The van der Waals surface area contributed by atoms with Crippen molar-refractivity contribution in [2.45, 2.75) is 33.1 Å². The molecule has 0 radical (unpaired) electrons. The van der Waals surface area contributed by atoms with Crippen molar-refractivity contribution in [3.63, 3.8) is 0 Å². The summed E-state index contributed by atoms with van der Waals surface area (Å²) in [5, 5.41) is 3.98. The molecule has 25 heavy (non-hydrogen) atoms. The average Bonchev–Trinajstić information content (AvgIpc) is 2.56. The van der Waals surface area contributed by atoms with E-state index in [0.29, 0.717) is 21.4 Å². The van der Waals surface area contributed by atoms with E-state index in [1.807, 2.05) is 49.4 Å². The highest BCUT2D eigenvalue weighted by atomic mass is 35.5. The minimum Gasteiger partial charge on any atom is -0.301 e. The summed E-state index contributed by atoms with van der Waals surface area (Å²) in [6.45, 7) is 8.45. The smallest absolute Gasteiger partial charge is 0.257 e. The number of aliphatic imine (C=N–C) groups is 1. The fourth-order valence-corrected chi connectivity index (χ4v) is 2.95. The first-order valence-electron chi connectivity index (χ1n) is 8.19. The molecule has 0 aliphatic carbocycles. The van der Waals surface area contributed by atoms with Gasteiger partial charge in [-0.1, -0.05) is 75.3 Å². The predicted molar refractivity (Wildman–Crippen MR) is 109 cm³/mol. The van der Waals surface area contributed by atoms with Gasteiger partial charge in [0, 0.05) is 5.56 Å². The molecule has 0 aromatic heterocycles. The summed E-state index contributed by atoms with van der Waals surface area (Å²) in [6, 6.07) is 15.0. The molecule has 0 unspecified atom stereocenters. The summed E-state index contributed by atoms with van der Waals surface area (Å²) in [6.07, 6.45) is 0. The summed E-state index contributed by atoms with van der Waals surface area (Å²) in [7, 11) is 0. The van der Waals surface area contributed by atoms with E-state index < -0.39 is 0 Å². The SMILES string of the molecule is CCSC(=Nc1ccccc1Cl)NC(=O)c1ccc(C(C)(C)C)cc1. The Bertz CT molecular complexity index is 764. The standard InChI is InChI=1S/C20H23ClN2OS/c1-5-25-19(22-17-9-7-6-8-16(17)21)23-18(24)14-10-12-15(13-11-14)20(2,3)4/h6-13H,5H2,1-4H3,(H,22,23,24). The number of amides is 1. The zero-order valence-electron chi connectivity index (χ0n) is 15.0. The van der Waals surface area contributed by atoms with Crippen molar-refractivity contribution in [2.75, 3.05) is 5.75 Å². The molecule has 0 saturated heterocycles. The second kappa shape index (κ2) is 8.54. The highest BCUT2D eigenvalue weighted by Crippen LogP contribution is 2.25. The topological polar surface area (TPSA) is 41.5 Å². The maximum Gasteiger partial charge on any atom is 0.257 e.